The number of ether oxygens (including phenoxy) is 2. The summed E-state index contributed by atoms with van der Waals surface area (Å²) in [7, 11) is 1.76. The third kappa shape index (κ3) is 3.73. The summed E-state index contributed by atoms with van der Waals surface area (Å²) in [5, 5.41) is 0. The van der Waals surface area contributed by atoms with Crippen LogP contribution in [0.2, 0.25) is 0 Å². The second kappa shape index (κ2) is 8.59. The van der Waals surface area contributed by atoms with Gasteiger partial charge in [0.2, 0.25) is 0 Å². The van der Waals surface area contributed by atoms with E-state index in [0.717, 1.165) is 45.7 Å². The lowest BCUT2D eigenvalue weighted by atomic mass is 9.46. The lowest BCUT2D eigenvalue weighted by molar-refractivity contribution is -0.0109. The first-order valence-electron chi connectivity index (χ1n) is 15.1. The zero-order valence-corrected chi connectivity index (χ0v) is 23.9. The molecule has 8 saturated carbocycles. The van der Waals surface area contributed by atoms with E-state index in [4.69, 9.17) is 9.47 Å². The molecule has 8 fully saturated rings. The Hall–Kier alpha value is -1.32. The summed E-state index contributed by atoms with van der Waals surface area (Å²) in [6.45, 7) is 0.313. The summed E-state index contributed by atoms with van der Waals surface area (Å²) in [5.74, 6) is 6.70. The van der Waals surface area contributed by atoms with Crippen LogP contribution in [-0.2, 0) is 15.6 Å². The minimum absolute atomic E-state index is 0.284. The highest BCUT2D eigenvalue weighted by atomic mass is 79.9. The second-order valence-corrected chi connectivity index (χ2v) is 15.2. The van der Waals surface area contributed by atoms with Crippen molar-refractivity contribution in [3.63, 3.8) is 0 Å². The summed E-state index contributed by atoms with van der Waals surface area (Å²) in [6.07, 6.45) is 17.2. The Morgan fingerprint density at radius 1 is 0.703 bits per heavy atom. The smallest absolute Gasteiger partial charge is 0.188 e. The van der Waals surface area contributed by atoms with E-state index in [9.17, 15) is 0 Å². The van der Waals surface area contributed by atoms with Gasteiger partial charge in [-0.2, -0.15) is 0 Å². The van der Waals surface area contributed by atoms with Crippen molar-refractivity contribution in [1.29, 1.82) is 0 Å². The van der Waals surface area contributed by atoms with Crippen LogP contribution in [0.3, 0.4) is 0 Å². The van der Waals surface area contributed by atoms with Gasteiger partial charge in [-0.05, 0) is 147 Å². The van der Waals surface area contributed by atoms with Crippen LogP contribution in [0.5, 0.6) is 5.75 Å². The van der Waals surface area contributed by atoms with Crippen LogP contribution in [-0.4, -0.2) is 13.9 Å². The molecular formula is C34H41BrO2. The van der Waals surface area contributed by atoms with E-state index >= 15 is 0 Å². The Labute approximate surface area is 231 Å². The molecular weight excluding hydrogens is 520 g/mol. The van der Waals surface area contributed by atoms with Gasteiger partial charge in [-0.15, -0.1) is 0 Å². The SMILES string of the molecule is COCOc1c(-c2ccccc2Br)cc(C23CC4CC(CC(C4)C2)C3)cc1C12CC3CC(CC(C3)C1)C2. The zero-order chi connectivity index (χ0) is 24.8. The van der Waals surface area contributed by atoms with Crippen molar-refractivity contribution in [3.8, 4) is 16.9 Å². The predicted octanol–water partition coefficient (Wildman–Crippen LogP) is 9.03. The van der Waals surface area contributed by atoms with Gasteiger partial charge >= 0.3 is 0 Å². The van der Waals surface area contributed by atoms with E-state index in [1.54, 1.807) is 18.2 Å². The molecule has 0 aromatic heterocycles. The normalized spacial score (nSPS) is 40.9. The van der Waals surface area contributed by atoms with Gasteiger partial charge in [0.05, 0.1) is 0 Å². The third-order valence-electron chi connectivity index (χ3n) is 11.8. The maximum absolute atomic E-state index is 6.65. The zero-order valence-electron chi connectivity index (χ0n) is 22.3. The monoisotopic (exact) mass is 560 g/mol. The Morgan fingerprint density at radius 3 is 1.73 bits per heavy atom. The third-order valence-corrected chi connectivity index (χ3v) is 12.5. The Morgan fingerprint density at radius 2 is 1.22 bits per heavy atom. The minimum Gasteiger partial charge on any atom is -0.467 e. The van der Waals surface area contributed by atoms with E-state index in [2.05, 4.69) is 52.3 Å². The average Bonchev–Trinajstić information content (AvgIpc) is 2.86. The predicted molar refractivity (Wildman–Crippen MR) is 152 cm³/mol. The molecule has 0 heterocycles. The molecule has 0 unspecified atom stereocenters. The topological polar surface area (TPSA) is 18.5 Å². The van der Waals surface area contributed by atoms with E-state index < -0.39 is 0 Å². The number of methoxy groups -OCH3 is 1. The van der Waals surface area contributed by atoms with Crippen molar-refractivity contribution < 1.29 is 9.47 Å². The number of rotatable bonds is 6. The van der Waals surface area contributed by atoms with Gasteiger partial charge in [0.1, 0.15) is 5.75 Å². The second-order valence-electron chi connectivity index (χ2n) is 14.3. The Bertz CT molecular complexity index is 1140. The highest BCUT2D eigenvalue weighted by molar-refractivity contribution is 9.10. The van der Waals surface area contributed by atoms with Crippen LogP contribution >= 0.6 is 15.9 Å². The van der Waals surface area contributed by atoms with Gasteiger partial charge in [-0.1, -0.05) is 40.2 Å². The van der Waals surface area contributed by atoms with Crippen molar-refractivity contribution in [2.24, 2.45) is 35.5 Å². The molecule has 0 amide bonds. The Kier molecular flexibility index (Phi) is 5.47. The number of benzene rings is 2. The molecule has 8 bridgehead atoms. The van der Waals surface area contributed by atoms with Crippen LogP contribution in [0.25, 0.3) is 11.1 Å². The summed E-state index contributed by atoms with van der Waals surface area (Å²) in [5.41, 5.74) is 6.42. The van der Waals surface area contributed by atoms with E-state index in [1.165, 1.54) is 88.2 Å². The Balaban J connectivity index is 1.35. The molecule has 2 aromatic rings. The number of hydrogen-bond donors (Lipinski definition) is 0. The van der Waals surface area contributed by atoms with Crippen molar-refractivity contribution >= 4 is 15.9 Å². The van der Waals surface area contributed by atoms with Crippen molar-refractivity contribution in [2.45, 2.75) is 87.9 Å². The molecule has 196 valence electrons. The number of hydrogen-bond acceptors (Lipinski definition) is 2. The molecule has 10 rings (SSSR count). The van der Waals surface area contributed by atoms with Crippen molar-refractivity contribution in [1.82, 2.24) is 0 Å². The van der Waals surface area contributed by atoms with Gasteiger partial charge in [-0.3, -0.25) is 0 Å². The molecule has 3 heteroatoms. The van der Waals surface area contributed by atoms with E-state index in [1.807, 2.05) is 0 Å². The van der Waals surface area contributed by atoms with Gasteiger partial charge < -0.3 is 9.47 Å². The maximum atomic E-state index is 6.65. The van der Waals surface area contributed by atoms with E-state index in [-0.39, 0.29) is 5.41 Å². The standard InChI is InChI=1S/C34H41BrO2/c1-36-20-37-32-29(28-4-2-3-5-31(28)35)12-27(33-14-21-6-22(15-33)8-23(7-21)16-33)13-30(32)34-17-24-9-25(18-34)11-26(10-24)19-34/h2-5,12-13,21-26H,6-11,14-20H2,1H3. The first-order valence-corrected chi connectivity index (χ1v) is 15.9. The first-order chi connectivity index (χ1) is 18.0. The molecule has 0 spiro atoms. The summed E-state index contributed by atoms with van der Waals surface area (Å²) >= 11 is 3.93. The van der Waals surface area contributed by atoms with Crippen LogP contribution in [0.1, 0.15) is 88.2 Å². The maximum Gasteiger partial charge on any atom is 0.188 e. The quantitative estimate of drug-likeness (QED) is 0.328. The molecule has 8 aliphatic carbocycles. The minimum atomic E-state index is 0.284. The van der Waals surface area contributed by atoms with Crippen LogP contribution in [0, 0.1) is 35.5 Å². The number of halogens is 1. The highest BCUT2D eigenvalue weighted by Crippen LogP contribution is 2.65. The molecule has 0 aliphatic heterocycles. The lowest BCUT2D eigenvalue weighted by Crippen LogP contribution is -2.50. The highest BCUT2D eigenvalue weighted by Gasteiger charge is 2.55. The van der Waals surface area contributed by atoms with E-state index in [0.29, 0.717) is 12.2 Å². The fraction of sp³-hybridized carbons (Fsp3) is 0.647. The first kappa shape index (κ1) is 23.6. The van der Waals surface area contributed by atoms with Gasteiger partial charge in [0, 0.05) is 22.7 Å². The average molecular weight is 562 g/mol. The fourth-order valence-corrected chi connectivity index (χ4v) is 11.9. The fourth-order valence-electron chi connectivity index (χ4n) is 11.4. The molecule has 8 aliphatic rings. The summed E-state index contributed by atoms with van der Waals surface area (Å²) in [6, 6.07) is 14.1. The lowest BCUT2D eigenvalue weighted by Gasteiger charge is -2.59. The van der Waals surface area contributed by atoms with Gasteiger partial charge in [0.25, 0.3) is 0 Å². The van der Waals surface area contributed by atoms with Crippen LogP contribution in [0.4, 0.5) is 0 Å². The summed E-state index contributed by atoms with van der Waals surface area (Å²) < 4.78 is 13.3. The molecule has 2 nitrogen and oxygen atoms in total. The largest absolute Gasteiger partial charge is 0.467 e. The molecule has 0 atom stereocenters. The van der Waals surface area contributed by atoms with Crippen LogP contribution in [0.15, 0.2) is 40.9 Å². The summed E-state index contributed by atoms with van der Waals surface area (Å²) in [4.78, 5) is 0. The van der Waals surface area contributed by atoms with Crippen molar-refractivity contribution in [3.05, 3.63) is 52.0 Å². The molecule has 0 saturated heterocycles. The van der Waals surface area contributed by atoms with Gasteiger partial charge in [0.15, 0.2) is 6.79 Å². The van der Waals surface area contributed by atoms with Crippen molar-refractivity contribution in [2.75, 3.05) is 13.9 Å². The van der Waals surface area contributed by atoms with Crippen LogP contribution < -0.4 is 4.74 Å². The van der Waals surface area contributed by atoms with Gasteiger partial charge in [-0.25, -0.2) is 0 Å². The molecule has 0 radical (unpaired) electrons. The molecule has 2 aromatic carbocycles. The molecule has 0 N–H and O–H groups in total. The molecule has 37 heavy (non-hydrogen) atoms.